The van der Waals surface area contributed by atoms with Crippen molar-refractivity contribution in [3.63, 3.8) is 0 Å². The van der Waals surface area contributed by atoms with Crippen LogP contribution < -0.4 is 22.1 Å². The third-order valence-corrected chi connectivity index (χ3v) is 4.86. The van der Waals surface area contributed by atoms with E-state index in [1.807, 2.05) is 6.92 Å². The number of hydrogen-bond donors (Lipinski definition) is 6. The zero-order valence-electron chi connectivity index (χ0n) is 17.1. The van der Waals surface area contributed by atoms with Crippen molar-refractivity contribution in [2.75, 3.05) is 0 Å². The van der Waals surface area contributed by atoms with E-state index in [4.69, 9.17) is 11.5 Å². The Morgan fingerprint density at radius 3 is 2.10 bits per heavy atom. The van der Waals surface area contributed by atoms with Gasteiger partial charge in [0.15, 0.2) is 0 Å². The highest BCUT2D eigenvalue weighted by Crippen LogP contribution is 2.12. The van der Waals surface area contributed by atoms with Gasteiger partial charge in [0.1, 0.15) is 17.8 Å². The molecule has 0 saturated heterocycles. The average Bonchev–Trinajstić information content (AvgIpc) is 2.70. The summed E-state index contributed by atoms with van der Waals surface area (Å²) in [4.78, 5) is 47.8. The van der Waals surface area contributed by atoms with Crippen molar-refractivity contribution >= 4 is 23.7 Å². The summed E-state index contributed by atoms with van der Waals surface area (Å²) in [6.45, 7) is 3.66. The summed E-state index contributed by atoms with van der Waals surface area (Å²) in [7, 11) is 0. The first-order chi connectivity index (χ1) is 14.0. The van der Waals surface area contributed by atoms with Crippen molar-refractivity contribution in [2.45, 2.75) is 57.7 Å². The molecule has 1 rings (SSSR count). The van der Waals surface area contributed by atoms with E-state index in [2.05, 4.69) is 10.6 Å². The number of phenols is 1. The molecule has 0 unspecified atom stereocenters. The molecule has 0 radical (unpaired) electrons. The first-order valence-electron chi connectivity index (χ1n) is 9.70. The van der Waals surface area contributed by atoms with Crippen LogP contribution >= 0.6 is 0 Å². The van der Waals surface area contributed by atoms with Crippen LogP contribution in [0.15, 0.2) is 24.3 Å². The number of benzene rings is 1. The number of hydrogen-bond acceptors (Lipinski definition) is 6. The zero-order valence-corrected chi connectivity index (χ0v) is 17.1. The van der Waals surface area contributed by atoms with Crippen LogP contribution in [0.1, 0.15) is 38.7 Å². The molecule has 1 aromatic rings. The second kappa shape index (κ2) is 11.8. The molecule has 0 spiro atoms. The Balaban J connectivity index is 2.91. The Bertz CT molecular complexity index is 752. The molecule has 0 bridgehead atoms. The molecule has 0 fully saturated rings. The van der Waals surface area contributed by atoms with Crippen molar-refractivity contribution in [3.8, 4) is 5.75 Å². The van der Waals surface area contributed by atoms with E-state index in [0.717, 1.165) is 0 Å². The maximum Gasteiger partial charge on any atom is 0.326 e. The number of nitrogens with one attached hydrogen (secondary N) is 2. The first-order valence-corrected chi connectivity index (χ1v) is 9.70. The molecule has 0 aromatic heterocycles. The molecule has 1 aromatic carbocycles. The smallest absolute Gasteiger partial charge is 0.326 e. The van der Waals surface area contributed by atoms with Gasteiger partial charge in [0, 0.05) is 12.8 Å². The maximum atomic E-state index is 12.7. The minimum absolute atomic E-state index is 0.0292. The highest BCUT2D eigenvalue weighted by molar-refractivity contribution is 5.92. The Morgan fingerprint density at radius 1 is 1.03 bits per heavy atom. The second-order valence-corrected chi connectivity index (χ2v) is 7.25. The number of carboxylic acids is 1. The molecular formula is C20H30N4O6. The molecule has 0 saturated carbocycles. The van der Waals surface area contributed by atoms with E-state index in [0.29, 0.717) is 12.0 Å². The van der Waals surface area contributed by atoms with E-state index >= 15 is 0 Å². The predicted molar refractivity (Wildman–Crippen MR) is 109 cm³/mol. The van der Waals surface area contributed by atoms with E-state index in [1.165, 1.54) is 24.3 Å². The Kier molecular flexibility index (Phi) is 9.76. The molecule has 10 nitrogen and oxygen atoms in total. The van der Waals surface area contributed by atoms with Crippen molar-refractivity contribution in [1.82, 2.24) is 10.6 Å². The van der Waals surface area contributed by atoms with Crippen molar-refractivity contribution < 1.29 is 29.4 Å². The summed E-state index contributed by atoms with van der Waals surface area (Å²) in [5, 5.41) is 23.7. The van der Waals surface area contributed by atoms with Gasteiger partial charge in [0.2, 0.25) is 17.7 Å². The summed E-state index contributed by atoms with van der Waals surface area (Å²) in [5.41, 5.74) is 11.6. The Hall–Kier alpha value is -3.14. The number of primary amides is 1. The van der Waals surface area contributed by atoms with Crippen molar-refractivity contribution in [1.29, 1.82) is 0 Å². The summed E-state index contributed by atoms with van der Waals surface area (Å²) < 4.78 is 0. The largest absolute Gasteiger partial charge is 0.508 e. The standard InChI is InChI=1S/C20H30N4O6/c1-3-11(2)17(22)19(28)23-14(8-9-16(21)26)18(27)24-15(20(29)30)10-12-4-6-13(25)7-5-12/h4-7,11,14-15,17,25H,3,8-10,22H2,1-2H3,(H2,21,26)(H,23,28)(H,24,27)(H,29,30)/t11-,14-,15-,17-/m0/s1. The van der Waals surface area contributed by atoms with E-state index in [9.17, 15) is 29.4 Å². The molecule has 0 aliphatic rings. The van der Waals surface area contributed by atoms with Gasteiger partial charge in [-0.15, -0.1) is 0 Å². The lowest BCUT2D eigenvalue weighted by Gasteiger charge is -2.24. The summed E-state index contributed by atoms with van der Waals surface area (Å²) in [5.74, 6) is -3.36. The number of nitrogens with two attached hydrogens (primary N) is 2. The fraction of sp³-hybridized carbons (Fsp3) is 0.500. The van der Waals surface area contributed by atoms with Crippen LogP contribution in [0.25, 0.3) is 0 Å². The van der Waals surface area contributed by atoms with Gasteiger partial charge in [0.25, 0.3) is 0 Å². The monoisotopic (exact) mass is 422 g/mol. The molecule has 30 heavy (non-hydrogen) atoms. The number of aliphatic carboxylic acids is 1. The van der Waals surface area contributed by atoms with Gasteiger partial charge in [-0.3, -0.25) is 14.4 Å². The summed E-state index contributed by atoms with van der Waals surface area (Å²) in [6, 6.07) is 2.58. The molecule has 0 aliphatic carbocycles. The zero-order chi connectivity index (χ0) is 22.8. The van der Waals surface area contributed by atoms with Gasteiger partial charge in [0.05, 0.1) is 6.04 Å². The fourth-order valence-electron chi connectivity index (χ4n) is 2.68. The number of carboxylic acid groups (broad SMARTS) is 1. The molecule has 0 aliphatic heterocycles. The SMILES string of the molecule is CC[C@H](C)[C@H](N)C(=O)N[C@@H](CCC(N)=O)C(=O)N[C@@H](Cc1ccc(O)cc1)C(=O)O. The number of carbonyl (C=O) groups excluding carboxylic acids is 3. The van der Waals surface area contributed by atoms with Crippen LogP contribution in [0.2, 0.25) is 0 Å². The van der Waals surface area contributed by atoms with Crippen LogP contribution in [-0.2, 0) is 25.6 Å². The van der Waals surface area contributed by atoms with E-state index in [1.54, 1.807) is 6.92 Å². The molecule has 10 heteroatoms. The molecule has 8 N–H and O–H groups in total. The van der Waals surface area contributed by atoms with Crippen LogP contribution in [0.5, 0.6) is 5.75 Å². The molecular weight excluding hydrogens is 392 g/mol. The van der Waals surface area contributed by atoms with Crippen LogP contribution in [0.3, 0.4) is 0 Å². The first kappa shape index (κ1) is 24.9. The number of aromatic hydroxyl groups is 1. The highest BCUT2D eigenvalue weighted by Gasteiger charge is 2.29. The third kappa shape index (κ3) is 8.08. The van der Waals surface area contributed by atoms with Gasteiger partial charge in [-0.05, 0) is 30.0 Å². The van der Waals surface area contributed by atoms with E-state index < -0.39 is 41.8 Å². The van der Waals surface area contributed by atoms with Gasteiger partial charge >= 0.3 is 5.97 Å². The van der Waals surface area contributed by atoms with Gasteiger partial charge in [-0.1, -0.05) is 32.4 Å². The minimum Gasteiger partial charge on any atom is -0.508 e. The molecule has 166 valence electrons. The maximum absolute atomic E-state index is 12.7. The number of rotatable bonds is 12. The Labute approximate surface area is 175 Å². The number of carbonyl (C=O) groups is 4. The van der Waals surface area contributed by atoms with Crippen molar-refractivity contribution in [3.05, 3.63) is 29.8 Å². The van der Waals surface area contributed by atoms with Gasteiger partial charge in [-0.2, -0.15) is 0 Å². The van der Waals surface area contributed by atoms with Crippen LogP contribution in [0, 0.1) is 5.92 Å². The summed E-state index contributed by atoms with van der Waals surface area (Å²) >= 11 is 0. The summed E-state index contributed by atoms with van der Waals surface area (Å²) in [6.07, 6.45) is 0.350. The van der Waals surface area contributed by atoms with Crippen LogP contribution in [0.4, 0.5) is 0 Å². The van der Waals surface area contributed by atoms with Crippen molar-refractivity contribution in [2.24, 2.45) is 17.4 Å². The normalized spacial score (nSPS) is 14.8. The number of phenolic OH excluding ortho intramolecular Hbond substituents is 1. The lowest BCUT2D eigenvalue weighted by Crippen LogP contribution is -2.55. The second-order valence-electron chi connectivity index (χ2n) is 7.25. The molecule has 0 heterocycles. The lowest BCUT2D eigenvalue weighted by molar-refractivity contribution is -0.142. The highest BCUT2D eigenvalue weighted by atomic mass is 16.4. The third-order valence-electron chi connectivity index (χ3n) is 4.86. The minimum atomic E-state index is -1.28. The fourth-order valence-corrected chi connectivity index (χ4v) is 2.68. The average molecular weight is 422 g/mol. The number of amides is 3. The van der Waals surface area contributed by atoms with E-state index in [-0.39, 0.29) is 30.9 Å². The topological polar surface area (TPSA) is 185 Å². The molecule has 3 amide bonds. The molecule has 4 atom stereocenters. The predicted octanol–water partition coefficient (Wildman–Crippen LogP) is -0.372. The quantitative estimate of drug-likeness (QED) is 0.265. The van der Waals surface area contributed by atoms with Gasteiger partial charge < -0.3 is 32.3 Å². The lowest BCUT2D eigenvalue weighted by atomic mass is 9.98. The Morgan fingerprint density at radius 2 is 1.60 bits per heavy atom. The van der Waals surface area contributed by atoms with Crippen LogP contribution in [-0.4, -0.2) is 52.0 Å². The van der Waals surface area contributed by atoms with Gasteiger partial charge in [-0.25, -0.2) is 4.79 Å².